The van der Waals surface area contributed by atoms with Crippen molar-refractivity contribution >= 4 is 28.6 Å². The van der Waals surface area contributed by atoms with Gasteiger partial charge in [-0.3, -0.25) is 4.98 Å². The topological polar surface area (TPSA) is 25.4 Å². The van der Waals surface area contributed by atoms with Gasteiger partial charge in [-0.2, -0.15) is 0 Å². The molecule has 0 bridgehead atoms. The summed E-state index contributed by atoms with van der Waals surface area (Å²) in [5.41, 5.74) is 4.64. The highest BCUT2D eigenvalue weighted by molar-refractivity contribution is 5.95. The molecule has 2 aromatic carbocycles. The Morgan fingerprint density at radius 1 is 1.00 bits per heavy atom. The van der Waals surface area contributed by atoms with Gasteiger partial charge in [0.25, 0.3) is 0 Å². The zero-order valence-electron chi connectivity index (χ0n) is 16.1. The van der Waals surface area contributed by atoms with Crippen LogP contribution in [0.5, 0.6) is 5.75 Å². The number of hydrogen-bond acceptors (Lipinski definition) is 3. The first-order valence-corrected chi connectivity index (χ1v) is 9.71. The number of piperidine rings is 1. The van der Waals surface area contributed by atoms with Crippen LogP contribution in [-0.4, -0.2) is 25.2 Å². The van der Waals surface area contributed by atoms with Gasteiger partial charge in [0.1, 0.15) is 5.75 Å². The zero-order chi connectivity index (χ0) is 18.6. The monoisotopic (exact) mass is 358 g/mol. The molecule has 1 aromatic heterocycles. The van der Waals surface area contributed by atoms with Crippen LogP contribution in [0.1, 0.15) is 36.1 Å². The minimum atomic E-state index is 0.883. The molecule has 0 atom stereocenters. The van der Waals surface area contributed by atoms with Gasteiger partial charge in [0.05, 0.1) is 12.8 Å². The first kappa shape index (κ1) is 17.6. The number of methoxy groups -OCH3 is 1. The fourth-order valence-corrected chi connectivity index (χ4v) is 3.89. The molecule has 0 amide bonds. The number of aromatic nitrogens is 1. The molecule has 0 radical (unpaired) electrons. The van der Waals surface area contributed by atoms with Crippen molar-refractivity contribution in [1.29, 1.82) is 0 Å². The fraction of sp³-hybridized carbons (Fsp3) is 0.292. The molecule has 1 aliphatic rings. The molecule has 0 saturated carbocycles. The van der Waals surface area contributed by atoms with Crippen molar-refractivity contribution < 1.29 is 4.74 Å². The van der Waals surface area contributed by atoms with E-state index in [1.807, 2.05) is 12.3 Å². The molecule has 0 spiro atoms. The van der Waals surface area contributed by atoms with Crippen molar-refractivity contribution in [3.05, 3.63) is 65.5 Å². The highest BCUT2D eigenvalue weighted by Crippen LogP contribution is 2.30. The Labute approximate surface area is 161 Å². The van der Waals surface area contributed by atoms with Crippen molar-refractivity contribution in [3.63, 3.8) is 0 Å². The predicted molar refractivity (Wildman–Crippen MR) is 114 cm³/mol. The summed E-state index contributed by atoms with van der Waals surface area (Å²) >= 11 is 0. The van der Waals surface area contributed by atoms with Crippen molar-refractivity contribution in [3.8, 4) is 5.75 Å². The number of nitrogens with zero attached hydrogens (tertiary/aromatic N) is 2. The summed E-state index contributed by atoms with van der Waals surface area (Å²) in [7, 11) is 1.72. The van der Waals surface area contributed by atoms with Crippen molar-refractivity contribution in [1.82, 2.24) is 4.98 Å². The van der Waals surface area contributed by atoms with E-state index in [-0.39, 0.29) is 0 Å². The van der Waals surface area contributed by atoms with Gasteiger partial charge in [-0.15, -0.1) is 0 Å². The summed E-state index contributed by atoms with van der Waals surface area (Å²) in [6.07, 6.45) is 10.1. The van der Waals surface area contributed by atoms with E-state index in [0.717, 1.165) is 30.1 Å². The maximum absolute atomic E-state index is 5.60. The lowest BCUT2D eigenvalue weighted by atomic mass is 10.0. The number of benzene rings is 2. The third-order valence-electron chi connectivity index (χ3n) is 5.36. The minimum absolute atomic E-state index is 0.883. The van der Waals surface area contributed by atoms with Crippen LogP contribution in [-0.2, 0) is 0 Å². The number of fused-ring (bicyclic) bond motifs is 1. The van der Waals surface area contributed by atoms with Crippen LogP contribution >= 0.6 is 0 Å². The van der Waals surface area contributed by atoms with E-state index in [4.69, 9.17) is 4.74 Å². The molecule has 1 saturated heterocycles. The Hall–Kier alpha value is -2.81. The summed E-state index contributed by atoms with van der Waals surface area (Å²) in [4.78, 5) is 7.13. The first-order valence-electron chi connectivity index (χ1n) is 9.71. The number of hydrogen-bond donors (Lipinski definition) is 0. The van der Waals surface area contributed by atoms with Gasteiger partial charge in [-0.1, -0.05) is 30.3 Å². The third kappa shape index (κ3) is 3.68. The van der Waals surface area contributed by atoms with Gasteiger partial charge in [-0.05, 0) is 66.8 Å². The van der Waals surface area contributed by atoms with E-state index < -0.39 is 0 Å². The molecule has 1 fully saturated rings. The van der Waals surface area contributed by atoms with Gasteiger partial charge < -0.3 is 9.64 Å². The van der Waals surface area contributed by atoms with Crippen LogP contribution in [0, 0.1) is 6.92 Å². The number of anilines is 1. The summed E-state index contributed by atoms with van der Waals surface area (Å²) in [6, 6.07) is 14.7. The molecule has 1 aliphatic heterocycles. The van der Waals surface area contributed by atoms with Crippen LogP contribution < -0.4 is 9.64 Å². The average Bonchev–Trinajstić information content (AvgIpc) is 2.73. The Bertz CT molecular complexity index is 971. The van der Waals surface area contributed by atoms with Crippen LogP contribution in [0.2, 0.25) is 0 Å². The van der Waals surface area contributed by atoms with E-state index >= 15 is 0 Å². The van der Waals surface area contributed by atoms with Crippen molar-refractivity contribution in [2.75, 3.05) is 25.1 Å². The predicted octanol–water partition coefficient (Wildman–Crippen LogP) is 5.71. The third-order valence-corrected chi connectivity index (χ3v) is 5.36. The number of aryl methyl sites for hydroxylation is 1. The van der Waals surface area contributed by atoms with Gasteiger partial charge in [0.15, 0.2) is 0 Å². The summed E-state index contributed by atoms with van der Waals surface area (Å²) in [5.74, 6) is 0.883. The lowest BCUT2D eigenvalue weighted by molar-refractivity contribution is 0.414. The summed E-state index contributed by atoms with van der Waals surface area (Å²) in [6.45, 7) is 4.44. The largest absolute Gasteiger partial charge is 0.496 e. The standard InChI is InChI=1S/C24H26N2O/c1-18-17-25-20(16-23(18)26-14-6-3-7-15-26)11-12-22-21-9-5-4-8-19(21)10-13-24(22)27-2/h4-5,8-13,16-17H,3,6-7,14-15H2,1-2H3. The molecule has 3 heteroatoms. The van der Waals surface area contributed by atoms with E-state index in [2.05, 4.69) is 65.4 Å². The summed E-state index contributed by atoms with van der Waals surface area (Å²) < 4.78 is 5.60. The molecule has 4 rings (SSSR count). The van der Waals surface area contributed by atoms with Gasteiger partial charge in [0, 0.05) is 30.5 Å². The average molecular weight is 358 g/mol. The molecule has 2 heterocycles. The fourth-order valence-electron chi connectivity index (χ4n) is 3.89. The number of pyridine rings is 1. The second-order valence-corrected chi connectivity index (χ2v) is 7.18. The number of ether oxygens (including phenoxy) is 1. The Kier molecular flexibility index (Phi) is 5.10. The van der Waals surface area contributed by atoms with E-state index in [1.165, 1.54) is 41.3 Å². The molecule has 0 N–H and O–H groups in total. The maximum atomic E-state index is 5.60. The SMILES string of the molecule is COc1ccc2ccccc2c1C=Cc1cc(N2CCCCC2)c(C)cn1. The second kappa shape index (κ2) is 7.83. The molecule has 3 aromatic rings. The highest BCUT2D eigenvalue weighted by Gasteiger charge is 2.13. The molecule has 0 unspecified atom stereocenters. The van der Waals surface area contributed by atoms with Crippen molar-refractivity contribution in [2.24, 2.45) is 0 Å². The highest BCUT2D eigenvalue weighted by atomic mass is 16.5. The molecule has 3 nitrogen and oxygen atoms in total. The first-order chi connectivity index (χ1) is 13.3. The zero-order valence-corrected chi connectivity index (χ0v) is 16.1. The van der Waals surface area contributed by atoms with E-state index in [1.54, 1.807) is 7.11 Å². The Balaban J connectivity index is 1.70. The van der Waals surface area contributed by atoms with Crippen LogP contribution in [0.3, 0.4) is 0 Å². The van der Waals surface area contributed by atoms with Gasteiger partial charge in [0.2, 0.25) is 0 Å². The van der Waals surface area contributed by atoms with E-state index in [0.29, 0.717) is 0 Å². The second-order valence-electron chi connectivity index (χ2n) is 7.18. The number of rotatable bonds is 4. The molecular formula is C24H26N2O. The van der Waals surface area contributed by atoms with E-state index in [9.17, 15) is 0 Å². The van der Waals surface area contributed by atoms with Gasteiger partial charge >= 0.3 is 0 Å². The van der Waals surface area contributed by atoms with Gasteiger partial charge in [-0.25, -0.2) is 0 Å². The normalized spacial score (nSPS) is 14.8. The Morgan fingerprint density at radius 2 is 1.81 bits per heavy atom. The van der Waals surface area contributed by atoms with Crippen LogP contribution in [0.25, 0.3) is 22.9 Å². The lowest BCUT2D eigenvalue weighted by Crippen LogP contribution is -2.30. The van der Waals surface area contributed by atoms with Crippen molar-refractivity contribution in [2.45, 2.75) is 26.2 Å². The smallest absolute Gasteiger partial charge is 0.126 e. The van der Waals surface area contributed by atoms with Crippen LogP contribution in [0.4, 0.5) is 5.69 Å². The Morgan fingerprint density at radius 3 is 2.63 bits per heavy atom. The van der Waals surface area contributed by atoms with Crippen LogP contribution in [0.15, 0.2) is 48.7 Å². The maximum Gasteiger partial charge on any atom is 0.126 e. The minimum Gasteiger partial charge on any atom is -0.496 e. The molecule has 0 aliphatic carbocycles. The quantitative estimate of drug-likeness (QED) is 0.597. The molecule has 138 valence electrons. The summed E-state index contributed by atoms with van der Waals surface area (Å²) in [5, 5.41) is 2.40. The molecular weight excluding hydrogens is 332 g/mol. The lowest BCUT2D eigenvalue weighted by Gasteiger charge is -2.30. The molecule has 27 heavy (non-hydrogen) atoms.